The molecule has 2 aromatic rings. The van der Waals surface area contributed by atoms with Crippen molar-refractivity contribution in [2.75, 3.05) is 17.2 Å². The van der Waals surface area contributed by atoms with Gasteiger partial charge >= 0.3 is 0 Å². The van der Waals surface area contributed by atoms with Crippen molar-refractivity contribution in [2.45, 2.75) is 0 Å². The second kappa shape index (κ2) is 7.23. The fourth-order valence-corrected chi connectivity index (χ4v) is 2.42. The summed E-state index contributed by atoms with van der Waals surface area (Å²) in [5.41, 5.74) is 1.08. The van der Waals surface area contributed by atoms with E-state index in [0.29, 0.717) is 31.5 Å². The Hall–Kier alpha value is -1.13. The van der Waals surface area contributed by atoms with Gasteiger partial charge in [0.15, 0.2) is 0 Å². The van der Waals surface area contributed by atoms with Gasteiger partial charge in [0.05, 0.1) is 33.0 Å². The summed E-state index contributed by atoms with van der Waals surface area (Å²) in [5.74, 6) is -0.268. The monoisotopic (exact) mass is 362 g/mol. The van der Waals surface area contributed by atoms with Crippen LogP contribution in [0, 0.1) is 0 Å². The highest BCUT2D eigenvalue weighted by molar-refractivity contribution is 6.43. The van der Waals surface area contributed by atoms with Crippen molar-refractivity contribution in [3.63, 3.8) is 0 Å². The molecule has 0 aliphatic rings. The molecule has 110 valence electrons. The molecule has 21 heavy (non-hydrogen) atoms. The average molecular weight is 364 g/mol. The van der Waals surface area contributed by atoms with Crippen molar-refractivity contribution >= 4 is 63.7 Å². The Kier molecular flexibility index (Phi) is 5.59. The predicted octanol–water partition coefficient (Wildman–Crippen LogP) is 5.35. The number of nitrogens with one attached hydrogen (secondary N) is 2. The lowest BCUT2D eigenvalue weighted by Gasteiger charge is -2.10. The van der Waals surface area contributed by atoms with E-state index in [1.54, 1.807) is 36.4 Å². The first-order chi connectivity index (χ1) is 9.97. The van der Waals surface area contributed by atoms with Gasteiger partial charge in [-0.3, -0.25) is 4.79 Å². The smallest absolute Gasteiger partial charge is 0.243 e. The van der Waals surface area contributed by atoms with E-state index in [1.165, 1.54) is 0 Å². The second-order valence-electron chi connectivity index (χ2n) is 4.13. The van der Waals surface area contributed by atoms with Crippen LogP contribution in [-0.2, 0) is 4.79 Å². The van der Waals surface area contributed by atoms with E-state index in [1.807, 2.05) is 0 Å². The molecule has 0 saturated heterocycles. The first-order valence-corrected chi connectivity index (χ1v) is 7.41. The molecule has 0 atom stereocenters. The lowest BCUT2D eigenvalue weighted by atomic mass is 10.3. The molecular formula is C14H10Cl4N2O. The summed E-state index contributed by atoms with van der Waals surface area (Å²) >= 11 is 23.7. The third kappa shape index (κ3) is 4.42. The molecule has 0 aliphatic heterocycles. The minimum absolute atomic E-state index is 0.0268. The number of anilines is 2. The van der Waals surface area contributed by atoms with Crippen LogP contribution in [0.3, 0.4) is 0 Å². The van der Waals surface area contributed by atoms with E-state index in [2.05, 4.69) is 10.6 Å². The Labute approximate surface area is 142 Å². The van der Waals surface area contributed by atoms with Gasteiger partial charge in [0.2, 0.25) is 5.91 Å². The van der Waals surface area contributed by atoms with Crippen LogP contribution in [0.5, 0.6) is 0 Å². The normalized spacial score (nSPS) is 10.3. The van der Waals surface area contributed by atoms with Crippen LogP contribution in [0.25, 0.3) is 0 Å². The largest absolute Gasteiger partial charge is 0.375 e. The lowest BCUT2D eigenvalue weighted by molar-refractivity contribution is -0.114. The molecule has 0 aliphatic carbocycles. The summed E-state index contributed by atoms with van der Waals surface area (Å²) in [6, 6.07) is 9.98. The van der Waals surface area contributed by atoms with Gasteiger partial charge in [0, 0.05) is 5.02 Å². The molecule has 2 aromatic carbocycles. The topological polar surface area (TPSA) is 41.1 Å². The molecule has 0 bridgehead atoms. The van der Waals surface area contributed by atoms with Gasteiger partial charge in [-0.15, -0.1) is 0 Å². The minimum Gasteiger partial charge on any atom is -0.375 e. The number of halogens is 4. The van der Waals surface area contributed by atoms with Crippen molar-refractivity contribution < 1.29 is 4.79 Å². The molecule has 0 radical (unpaired) electrons. The number of carbonyl (C=O) groups excluding carboxylic acids is 1. The molecule has 0 spiro atoms. The fraction of sp³-hybridized carbons (Fsp3) is 0.0714. The minimum atomic E-state index is -0.268. The highest BCUT2D eigenvalue weighted by atomic mass is 35.5. The van der Waals surface area contributed by atoms with Crippen molar-refractivity contribution in [1.82, 2.24) is 0 Å². The van der Waals surface area contributed by atoms with Crippen molar-refractivity contribution in [3.05, 3.63) is 56.5 Å². The first-order valence-electron chi connectivity index (χ1n) is 5.90. The number of rotatable bonds is 4. The van der Waals surface area contributed by atoms with Crippen LogP contribution in [-0.4, -0.2) is 12.5 Å². The zero-order valence-electron chi connectivity index (χ0n) is 10.6. The predicted molar refractivity (Wildman–Crippen MR) is 90.0 cm³/mol. The highest BCUT2D eigenvalue weighted by Gasteiger charge is 2.08. The fourth-order valence-electron chi connectivity index (χ4n) is 1.60. The standard InChI is InChI=1S/C14H10Cl4N2O/c15-8-4-5-11(10(17)6-8)20-13(21)7-19-12-3-1-2-9(16)14(12)18/h1-6,19H,7H2,(H,20,21). The van der Waals surface area contributed by atoms with Crippen molar-refractivity contribution in [2.24, 2.45) is 0 Å². The summed E-state index contributed by atoms with van der Waals surface area (Å²) in [6.45, 7) is 0.0268. The molecule has 7 heteroatoms. The van der Waals surface area contributed by atoms with Crippen LogP contribution in [0.15, 0.2) is 36.4 Å². The third-order valence-electron chi connectivity index (χ3n) is 2.60. The van der Waals surface area contributed by atoms with Crippen LogP contribution >= 0.6 is 46.4 Å². The number of hydrogen-bond donors (Lipinski definition) is 2. The zero-order chi connectivity index (χ0) is 15.4. The van der Waals surface area contributed by atoms with Gasteiger partial charge < -0.3 is 10.6 Å². The third-order valence-corrected chi connectivity index (χ3v) is 3.96. The van der Waals surface area contributed by atoms with E-state index in [-0.39, 0.29) is 12.5 Å². The van der Waals surface area contributed by atoms with Crippen LogP contribution < -0.4 is 10.6 Å². The Morgan fingerprint density at radius 3 is 2.43 bits per heavy atom. The summed E-state index contributed by atoms with van der Waals surface area (Å²) in [4.78, 5) is 11.9. The molecule has 0 fully saturated rings. The van der Waals surface area contributed by atoms with Gasteiger partial charge in [0.1, 0.15) is 0 Å². The SMILES string of the molecule is O=C(CNc1cccc(Cl)c1Cl)Nc1ccc(Cl)cc1Cl. The number of hydrogen-bond acceptors (Lipinski definition) is 2. The quantitative estimate of drug-likeness (QED) is 0.768. The molecule has 0 aromatic heterocycles. The van der Waals surface area contributed by atoms with Gasteiger partial charge in [0.25, 0.3) is 0 Å². The molecular weight excluding hydrogens is 354 g/mol. The Bertz CT molecular complexity index is 676. The summed E-state index contributed by atoms with van der Waals surface area (Å²) in [6.07, 6.45) is 0. The van der Waals surface area contributed by atoms with E-state index in [9.17, 15) is 4.79 Å². The van der Waals surface area contributed by atoms with Gasteiger partial charge in [-0.25, -0.2) is 0 Å². The molecule has 2 rings (SSSR count). The van der Waals surface area contributed by atoms with Gasteiger partial charge in [-0.05, 0) is 30.3 Å². The van der Waals surface area contributed by atoms with E-state index >= 15 is 0 Å². The molecule has 3 nitrogen and oxygen atoms in total. The number of carbonyl (C=O) groups is 1. The Balaban J connectivity index is 1.97. The summed E-state index contributed by atoms with van der Waals surface area (Å²) in [5, 5.41) is 7.25. The van der Waals surface area contributed by atoms with E-state index in [4.69, 9.17) is 46.4 Å². The maximum absolute atomic E-state index is 11.9. The Morgan fingerprint density at radius 2 is 1.71 bits per heavy atom. The van der Waals surface area contributed by atoms with E-state index < -0.39 is 0 Å². The molecule has 0 saturated carbocycles. The first kappa shape index (κ1) is 16.2. The van der Waals surface area contributed by atoms with Crippen LogP contribution in [0.1, 0.15) is 0 Å². The zero-order valence-corrected chi connectivity index (χ0v) is 13.6. The molecule has 2 N–H and O–H groups in total. The van der Waals surface area contributed by atoms with Crippen LogP contribution in [0.4, 0.5) is 11.4 Å². The number of amides is 1. The maximum atomic E-state index is 11.9. The van der Waals surface area contributed by atoms with Gasteiger partial charge in [-0.1, -0.05) is 52.5 Å². The second-order valence-corrected chi connectivity index (χ2v) is 5.76. The molecule has 0 heterocycles. The summed E-state index contributed by atoms with van der Waals surface area (Å²) < 4.78 is 0. The maximum Gasteiger partial charge on any atom is 0.243 e. The van der Waals surface area contributed by atoms with Crippen LogP contribution in [0.2, 0.25) is 20.1 Å². The van der Waals surface area contributed by atoms with Crippen molar-refractivity contribution in [3.8, 4) is 0 Å². The average Bonchev–Trinajstić information content (AvgIpc) is 2.43. The van der Waals surface area contributed by atoms with E-state index in [0.717, 1.165) is 0 Å². The molecule has 0 unspecified atom stereocenters. The lowest BCUT2D eigenvalue weighted by Crippen LogP contribution is -2.22. The Morgan fingerprint density at radius 1 is 0.952 bits per heavy atom. The number of benzene rings is 2. The molecule has 1 amide bonds. The van der Waals surface area contributed by atoms with Crippen molar-refractivity contribution in [1.29, 1.82) is 0 Å². The summed E-state index contributed by atoms with van der Waals surface area (Å²) in [7, 11) is 0. The highest BCUT2D eigenvalue weighted by Crippen LogP contribution is 2.29. The van der Waals surface area contributed by atoms with Gasteiger partial charge in [-0.2, -0.15) is 0 Å².